The molecule has 0 saturated carbocycles. The number of hydrogen-bond donors (Lipinski definition) is 3. The van der Waals surface area contributed by atoms with Crippen LogP contribution in [0.1, 0.15) is 26.2 Å². The van der Waals surface area contributed by atoms with Crippen LogP contribution in [-0.4, -0.2) is 28.5 Å². The van der Waals surface area contributed by atoms with Crippen molar-refractivity contribution in [2.45, 2.75) is 26.2 Å². The lowest BCUT2D eigenvalue weighted by Gasteiger charge is -2.06. The molecule has 0 unspecified atom stereocenters. The lowest BCUT2D eigenvalue weighted by molar-refractivity contribution is -0.138. The molecule has 6 nitrogen and oxygen atoms in total. The predicted octanol–water partition coefficient (Wildman–Crippen LogP) is 1.71. The molecule has 0 aromatic carbocycles. The van der Waals surface area contributed by atoms with Gasteiger partial charge in [-0.3, -0.25) is 9.59 Å². The van der Waals surface area contributed by atoms with Gasteiger partial charge in [-0.2, -0.15) is 0 Å². The molecule has 0 spiro atoms. The molecule has 6 heteroatoms. The minimum Gasteiger partial charge on any atom is -0.481 e. The Morgan fingerprint density at radius 3 is 2.67 bits per heavy atom. The SMILES string of the molecule is CCCNc1ccc(NC(=O)CCC(=O)O)nc1. The van der Waals surface area contributed by atoms with Crippen molar-refractivity contribution in [1.29, 1.82) is 0 Å². The lowest BCUT2D eigenvalue weighted by atomic mass is 10.3. The van der Waals surface area contributed by atoms with Gasteiger partial charge < -0.3 is 15.7 Å². The number of anilines is 2. The summed E-state index contributed by atoms with van der Waals surface area (Å²) in [5, 5.41) is 14.1. The van der Waals surface area contributed by atoms with Gasteiger partial charge in [0, 0.05) is 13.0 Å². The molecule has 0 aliphatic carbocycles. The quantitative estimate of drug-likeness (QED) is 0.686. The molecule has 1 aromatic heterocycles. The number of pyridine rings is 1. The largest absolute Gasteiger partial charge is 0.481 e. The smallest absolute Gasteiger partial charge is 0.303 e. The van der Waals surface area contributed by atoms with Gasteiger partial charge >= 0.3 is 5.97 Å². The number of carbonyl (C=O) groups excluding carboxylic acids is 1. The van der Waals surface area contributed by atoms with E-state index in [1.54, 1.807) is 12.3 Å². The van der Waals surface area contributed by atoms with E-state index in [1.807, 2.05) is 6.07 Å². The number of hydrogen-bond acceptors (Lipinski definition) is 4. The van der Waals surface area contributed by atoms with Crippen LogP contribution in [0.15, 0.2) is 18.3 Å². The Balaban J connectivity index is 2.42. The minimum absolute atomic E-state index is 0.0488. The van der Waals surface area contributed by atoms with Crippen LogP contribution >= 0.6 is 0 Å². The van der Waals surface area contributed by atoms with Crippen LogP contribution in [0.5, 0.6) is 0 Å². The zero-order valence-electron chi connectivity index (χ0n) is 10.3. The summed E-state index contributed by atoms with van der Waals surface area (Å²) >= 11 is 0. The normalized spacial score (nSPS) is 9.83. The molecule has 1 aromatic rings. The zero-order chi connectivity index (χ0) is 13.4. The van der Waals surface area contributed by atoms with Crippen LogP contribution in [0.4, 0.5) is 11.5 Å². The standard InChI is InChI=1S/C12H17N3O3/c1-2-7-13-9-3-4-10(14-8-9)15-11(16)5-6-12(17)18/h3-4,8,13H,2,5-7H2,1H3,(H,17,18)(H,14,15,16). The van der Waals surface area contributed by atoms with E-state index in [1.165, 1.54) is 0 Å². The molecular formula is C12H17N3O3. The number of carboxylic acid groups (broad SMARTS) is 1. The van der Waals surface area contributed by atoms with E-state index in [2.05, 4.69) is 22.5 Å². The molecule has 18 heavy (non-hydrogen) atoms. The minimum atomic E-state index is -0.989. The third-order valence-corrected chi connectivity index (χ3v) is 2.18. The van der Waals surface area contributed by atoms with Gasteiger partial charge in [-0.1, -0.05) is 6.92 Å². The zero-order valence-corrected chi connectivity index (χ0v) is 10.3. The molecule has 0 fully saturated rings. The number of nitrogens with zero attached hydrogens (tertiary/aromatic N) is 1. The van der Waals surface area contributed by atoms with Crippen molar-refractivity contribution in [2.24, 2.45) is 0 Å². The number of amides is 1. The van der Waals surface area contributed by atoms with Gasteiger partial charge in [-0.25, -0.2) is 4.98 Å². The van der Waals surface area contributed by atoms with Crippen LogP contribution in [0.25, 0.3) is 0 Å². The molecule has 0 radical (unpaired) electrons. The van der Waals surface area contributed by atoms with Gasteiger partial charge in [-0.05, 0) is 18.6 Å². The van der Waals surface area contributed by atoms with Crippen molar-refractivity contribution in [2.75, 3.05) is 17.2 Å². The number of nitrogens with one attached hydrogen (secondary N) is 2. The highest BCUT2D eigenvalue weighted by Crippen LogP contribution is 2.10. The highest BCUT2D eigenvalue weighted by molar-refractivity contribution is 5.91. The fourth-order valence-corrected chi connectivity index (χ4v) is 1.27. The maximum atomic E-state index is 11.3. The average molecular weight is 251 g/mol. The highest BCUT2D eigenvalue weighted by atomic mass is 16.4. The Hall–Kier alpha value is -2.11. The number of aromatic nitrogens is 1. The van der Waals surface area contributed by atoms with E-state index < -0.39 is 5.97 Å². The summed E-state index contributed by atoms with van der Waals surface area (Å²) in [5.74, 6) is -0.913. The second-order valence-corrected chi connectivity index (χ2v) is 3.80. The molecular weight excluding hydrogens is 234 g/mol. The lowest BCUT2D eigenvalue weighted by Crippen LogP contribution is -2.14. The Morgan fingerprint density at radius 2 is 2.11 bits per heavy atom. The van der Waals surface area contributed by atoms with Crippen LogP contribution in [0, 0.1) is 0 Å². The van der Waals surface area contributed by atoms with Crippen LogP contribution in [0.3, 0.4) is 0 Å². The Morgan fingerprint density at radius 1 is 1.33 bits per heavy atom. The molecule has 1 rings (SSSR count). The molecule has 3 N–H and O–H groups in total. The predicted molar refractivity (Wildman–Crippen MR) is 68.5 cm³/mol. The highest BCUT2D eigenvalue weighted by Gasteiger charge is 2.06. The molecule has 1 amide bonds. The summed E-state index contributed by atoms with van der Waals surface area (Å²) in [7, 11) is 0. The second-order valence-electron chi connectivity index (χ2n) is 3.80. The van der Waals surface area contributed by atoms with Gasteiger partial charge in [0.2, 0.25) is 5.91 Å². The molecule has 0 bridgehead atoms. The van der Waals surface area contributed by atoms with Crippen molar-refractivity contribution in [1.82, 2.24) is 4.98 Å². The fourth-order valence-electron chi connectivity index (χ4n) is 1.27. The first-order chi connectivity index (χ1) is 8.61. The van der Waals surface area contributed by atoms with Gasteiger partial charge in [0.05, 0.1) is 18.3 Å². The van der Waals surface area contributed by atoms with E-state index in [4.69, 9.17) is 5.11 Å². The Bertz CT molecular complexity index is 404. The van der Waals surface area contributed by atoms with E-state index in [0.29, 0.717) is 5.82 Å². The van der Waals surface area contributed by atoms with Gasteiger partial charge in [0.15, 0.2) is 0 Å². The molecule has 0 aliphatic rings. The van der Waals surface area contributed by atoms with E-state index in [0.717, 1.165) is 18.7 Å². The van der Waals surface area contributed by atoms with Gasteiger partial charge in [0.25, 0.3) is 0 Å². The van der Waals surface area contributed by atoms with Crippen molar-refractivity contribution < 1.29 is 14.7 Å². The molecule has 98 valence electrons. The Kier molecular flexibility index (Phi) is 5.63. The summed E-state index contributed by atoms with van der Waals surface area (Å²) in [6, 6.07) is 3.49. The van der Waals surface area contributed by atoms with E-state index >= 15 is 0 Å². The maximum absolute atomic E-state index is 11.3. The summed E-state index contributed by atoms with van der Waals surface area (Å²) in [6.07, 6.45) is 2.42. The van der Waals surface area contributed by atoms with Crippen molar-refractivity contribution in [3.05, 3.63) is 18.3 Å². The van der Waals surface area contributed by atoms with Crippen LogP contribution in [-0.2, 0) is 9.59 Å². The number of aliphatic carboxylic acids is 1. The fraction of sp³-hybridized carbons (Fsp3) is 0.417. The van der Waals surface area contributed by atoms with Gasteiger partial charge in [0.1, 0.15) is 5.82 Å². The van der Waals surface area contributed by atoms with E-state index in [9.17, 15) is 9.59 Å². The first-order valence-corrected chi connectivity index (χ1v) is 5.83. The average Bonchev–Trinajstić information content (AvgIpc) is 2.35. The van der Waals surface area contributed by atoms with Crippen molar-refractivity contribution in [3.63, 3.8) is 0 Å². The number of carbonyl (C=O) groups is 2. The van der Waals surface area contributed by atoms with Gasteiger partial charge in [-0.15, -0.1) is 0 Å². The third-order valence-electron chi connectivity index (χ3n) is 2.18. The van der Waals surface area contributed by atoms with Crippen molar-refractivity contribution in [3.8, 4) is 0 Å². The summed E-state index contributed by atoms with van der Waals surface area (Å²) in [4.78, 5) is 25.7. The van der Waals surface area contributed by atoms with E-state index in [-0.39, 0.29) is 18.7 Å². The molecule has 0 saturated heterocycles. The van der Waals surface area contributed by atoms with Crippen LogP contribution < -0.4 is 10.6 Å². The first kappa shape index (κ1) is 14.0. The first-order valence-electron chi connectivity index (χ1n) is 5.83. The second kappa shape index (κ2) is 7.26. The number of carboxylic acids is 1. The molecule has 1 heterocycles. The monoisotopic (exact) mass is 251 g/mol. The summed E-state index contributed by atoms with van der Waals surface area (Å²) < 4.78 is 0. The van der Waals surface area contributed by atoms with Crippen LogP contribution in [0.2, 0.25) is 0 Å². The summed E-state index contributed by atoms with van der Waals surface area (Å²) in [6.45, 7) is 2.93. The number of rotatable bonds is 7. The third kappa shape index (κ3) is 5.29. The maximum Gasteiger partial charge on any atom is 0.303 e. The van der Waals surface area contributed by atoms with Crippen molar-refractivity contribution >= 4 is 23.4 Å². The topological polar surface area (TPSA) is 91.3 Å². The summed E-state index contributed by atoms with van der Waals surface area (Å²) in [5.41, 5.74) is 0.889. The molecule has 0 aliphatic heterocycles. The Labute approximate surface area is 105 Å². The molecule has 0 atom stereocenters.